The first-order valence-corrected chi connectivity index (χ1v) is 16.6. The van der Waals surface area contributed by atoms with Gasteiger partial charge in [0.1, 0.15) is 18.5 Å². The van der Waals surface area contributed by atoms with Crippen molar-refractivity contribution in [2.75, 3.05) is 11.1 Å². The lowest BCUT2D eigenvalue weighted by atomic mass is 9.79. The number of rotatable bonds is 9. The van der Waals surface area contributed by atoms with Crippen molar-refractivity contribution in [3.63, 3.8) is 0 Å². The second kappa shape index (κ2) is 15.1. The van der Waals surface area contributed by atoms with Crippen LogP contribution in [0.3, 0.4) is 0 Å². The number of aromatic nitrogens is 3. The molecule has 2 N–H and O–H groups in total. The summed E-state index contributed by atoms with van der Waals surface area (Å²) in [4.78, 5) is 15.9. The summed E-state index contributed by atoms with van der Waals surface area (Å²) in [6.07, 6.45) is -1.72. The van der Waals surface area contributed by atoms with Crippen LogP contribution < -0.4 is 5.32 Å². The van der Waals surface area contributed by atoms with Gasteiger partial charge in [0, 0.05) is 5.69 Å². The molecule has 0 bridgehead atoms. The van der Waals surface area contributed by atoms with Crippen LogP contribution in [-0.2, 0) is 38.2 Å². The van der Waals surface area contributed by atoms with E-state index < -0.39 is 61.0 Å². The summed E-state index contributed by atoms with van der Waals surface area (Å²) >= 11 is 0. The molecule has 51 heavy (non-hydrogen) atoms. The van der Waals surface area contributed by atoms with Gasteiger partial charge in [0.05, 0.1) is 57.4 Å². The van der Waals surface area contributed by atoms with Crippen molar-refractivity contribution < 1.29 is 35.9 Å². The first-order valence-electron chi connectivity index (χ1n) is 15.0. The number of nitrogens with one attached hydrogen (secondary N) is 1. The minimum atomic E-state index is -4.86. The molecule has 0 radical (unpaired) electrons. The summed E-state index contributed by atoms with van der Waals surface area (Å²) in [5, 5.41) is 44.0. The smallest absolute Gasteiger partial charge is 0.379 e. The summed E-state index contributed by atoms with van der Waals surface area (Å²) in [6, 6.07) is 18.0. The van der Waals surface area contributed by atoms with Gasteiger partial charge in [0.2, 0.25) is 0 Å². The number of benzene rings is 3. The summed E-state index contributed by atoms with van der Waals surface area (Å²) in [5.41, 5.74) is -3.27. The molecule has 0 aliphatic heterocycles. The predicted molar refractivity (Wildman–Crippen MR) is 177 cm³/mol. The maximum absolute atomic E-state index is 13.0. The van der Waals surface area contributed by atoms with Crippen molar-refractivity contribution in [3.05, 3.63) is 107 Å². The van der Waals surface area contributed by atoms with Gasteiger partial charge in [-0.3, -0.25) is 4.79 Å². The van der Waals surface area contributed by atoms with Crippen LogP contribution in [0.4, 0.5) is 23.2 Å². The molecule has 1 aromatic heterocycles. The van der Waals surface area contributed by atoms with Crippen LogP contribution in [0.25, 0.3) is 0 Å². The normalized spacial score (nSPS) is 13.0. The molecule has 0 spiro atoms. The summed E-state index contributed by atoms with van der Waals surface area (Å²) in [6.45, 7) is 8.95. The van der Waals surface area contributed by atoms with Gasteiger partial charge >= 0.3 is 6.18 Å². The highest BCUT2D eigenvalue weighted by atomic mass is 32.2. The number of hydrogen-bond acceptors (Lipinski definition) is 9. The second-order valence-corrected chi connectivity index (χ2v) is 14.8. The van der Waals surface area contributed by atoms with E-state index in [0.29, 0.717) is 12.6 Å². The molecule has 1 amide bonds. The van der Waals surface area contributed by atoms with E-state index in [-0.39, 0.29) is 10.6 Å². The molecule has 0 fully saturated rings. The van der Waals surface area contributed by atoms with Crippen molar-refractivity contribution in [1.29, 1.82) is 15.8 Å². The number of nitrogens with zero attached hydrogens (tertiary/aromatic N) is 6. The largest absolute Gasteiger partial charge is 0.417 e. The van der Waals surface area contributed by atoms with Crippen molar-refractivity contribution in [3.8, 4) is 18.2 Å². The Morgan fingerprint density at radius 2 is 1.47 bits per heavy atom. The van der Waals surface area contributed by atoms with Gasteiger partial charge in [-0.05, 0) is 93.8 Å². The Morgan fingerprint density at radius 1 is 0.902 bits per heavy atom. The number of aliphatic hydroxyl groups is 1. The number of carbonyl (C=O) groups is 1. The number of amides is 1. The van der Waals surface area contributed by atoms with Crippen molar-refractivity contribution in [2.45, 2.75) is 68.7 Å². The van der Waals surface area contributed by atoms with Crippen LogP contribution in [0.1, 0.15) is 62.4 Å². The van der Waals surface area contributed by atoms with Gasteiger partial charge < -0.3 is 10.4 Å². The highest BCUT2D eigenvalue weighted by Gasteiger charge is 2.38. The monoisotopic (exact) mass is 723 g/mol. The average molecular weight is 724 g/mol. The van der Waals surface area contributed by atoms with E-state index in [0.717, 1.165) is 60.0 Å². The number of hydrogen-bond donors (Lipinski definition) is 2. The molecule has 0 saturated carbocycles. The fourth-order valence-electron chi connectivity index (χ4n) is 4.52. The highest BCUT2D eigenvalue weighted by Crippen LogP contribution is 2.34. The fraction of sp³-hybridized carbons (Fsp3) is 0.314. The maximum Gasteiger partial charge on any atom is 0.417 e. The zero-order valence-electron chi connectivity index (χ0n) is 28.1. The van der Waals surface area contributed by atoms with E-state index in [1.165, 1.54) is 12.4 Å². The van der Waals surface area contributed by atoms with Gasteiger partial charge in [0.25, 0.3) is 5.91 Å². The third kappa shape index (κ3) is 10.2. The van der Waals surface area contributed by atoms with E-state index in [2.05, 4.69) is 22.2 Å². The fourth-order valence-corrected chi connectivity index (χ4v) is 6.10. The lowest BCUT2D eigenvalue weighted by Crippen LogP contribution is -2.45. The quantitative estimate of drug-likeness (QED) is 0.159. The Labute approximate surface area is 292 Å². The zero-order valence-corrected chi connectivity index (χ0v) is 28.9. The zero-order chi connectivity index (χ0) is 38.4. The summed E-state index contributed by atoms with van der Waals surface area (Å²) < 4.78 is 78.4. The molecule has 266 valence electrons. The first-order chi connectivity index (χ1) is 23.5. The lowest BCUT2D eigenvalue weighted by Gasteiger charge is -2.23. The molecule has 0 aliphatic rings. The summed E-state index contributed by atoms with van der Waals surface area (Å²) in [7, 11) is -4.21. The molecule has 4 rings (SSSR count). The third-order valence-corrected chi connectivity index (χ3v) is 9.58. The number of sulfone groups is 1. The van der Waals surface area contributed by atoms with Crippen LogP contribution in [-0.4, -0.2) is 45.5 Å². The molecular weight excluding hydrogens is 690 g/mol. The van der Waals surface area contributed by atoms with Crippen LogP contribution in [0.5, 0.6) is 0 Å². The van der Waals surface area contributed by atoms with E-state index in [1.807, 2.05) is 51.2 Å². The predicted octanol–water partition coefficient (Wildman–Crippen LogP) is 5.81. The Bertz CT molecular complexity index is 2080. The molecule has 1 unspecified atom stereocenters. The number of anilines is 1. The van der Waals surface area contributed by atoms with Crippen LogP contribution in [0.2, 0.25) is 0 Å². The molecule has 0 aliphatic carbocycles. The molecule has 11 nitrogen and oxygen atoms in total. The van der Waals surface area contributed by atoms with Crippen molar-refractivity contribution in [2.24, 2.45) is 0 Å². The van der Waals surface area contributed by atoms with E-state index in [9.17, 15) is 46.4 Å². The standard InChI is InChI=1S/C18H14F4N2O4S.C17H19N5/c1-17(26,10-29(27,28)14-6-3-12(19)4-7-14)16(25)24-13-5-2-11(9-23)15(8-13)18(20,21)22;1-16(2,9-18)14-5-13(8-22-12-20-11-21-22)6-15(7-14)17(3,4)10-19/h2-8,26H,10H2,1H3,(H,24,25);5-7,11-12H,8H2,1-4H3. The Hall–Kier alpha value is -5.63. The van der Waals surface area contributed by atoms with Gasteiger partial charge in [0.15, 0.2) is 15.4 Å². The molecular formula is C35H33F4N7O4S. The minimum Gasteiger partial charge on any atom is -0.379 e. The van der Waals surface area contributed by atoms with Crippen LogP contribution in [0.15, 0.2) is 78.2 Å². The van der Waals surface area contributed by atoms with Crippen LogP contribution >= 0.6 is 0 Å². The number of alkyl halides is 3. The molecule has 3 aromatic carbocycles. The molecule has 1 heterocycles. The highest BCUT2D eigenvalue weighted by molar-refractivity contribution is 7.91. The Morgan fingerprint density at radius 3 is 1.94 bits per heavy atom. The van der Waals surface area contributed by atoms with Gasteiger partial charge in [-0.2, -0.15) is 34.1 Å². The molecule has 1 atom stereocenters. The Kier molecular flexibility index (Phi) is 11.8. The number of carbonyl (C=O) groups excluding carboxylic acids is 1. The van der Waals surface area contributed by atoms with E-state index in [4.69, 9.17) is 5.26 Å². The third-order valence-electron chi connectivity index (χ3n) is 7.64. The first kappa shape index (κ1) is 39.8. The molecule has 4 aromatic rings. The van der Waals surface area contributed by atoms with Crippen molar-refractivity contribution >= 4 is 21.4 Å². The maximum atomic E-state index is 13.0. The molecule has 0 saturated heterocycles. The van der Waals surface area contributed by atoms with Gasteiger partial charge in [-0.1, -0.05) is 18.2 Å². The van der Waals surface area contributed by atoms with E-state index >= 15 is 0 Å². The van der Waals surface area contributed by atoms with Gasteiger partial charge in [-0.15, -0.1) is 0 Å². The minimum absolute atomic E-state index is 0.343. The number of nitriles is 3. The molecule has 16 heteroatoms. The number of halogens is 4. The van der Waals surface area contributed by atoms with Gasteiger partial charge in [-0.25, -0.2) is 22.5 Å². The summed E-state index contributed by atoms with van der Waals surface area (Å²) in [5.74, 6) is -3.06. The second-order valence-electron chi connectivity index (χ2n) is 12.8. The van der Waals surface area contributed by atoms with Crippen LogP contribution in [0, 0.1) is 39.8 Å². The topological polar surface area (TPSA) is 186 Å². The van der Waals surface area contributed by atoms with E-state index in [1.54, 1.807) is 11.0 Å². The SMILES string of the molecule is CC(C)(C#N)c1cc(Cn2cncn2)cc(C(C)(C)C#N)c1.CC(O)(CS(=O)(=O)c1ccc(F)cc1)C(=O)Nc1ccc(C#N)c(C(F)(F)F)c1. The average Bonchev–Trinajstić information content (AvgIpc) is 3.57. The van der Waals surface area contributed by atoms with Crippen molar-refractivity contribution in [1.82, 2.24) is 14.8 Å². The lowest BCUT2D eigenvalue weighted by molar-refractivity contribution is -0.137. The Balaban J connectivity index is 0.000000286.